The fourth-order valence-electron chi connectivity index (χ4n) is 2.16. The van der Waals surface area contributed by atoms with Crippen molar-refractivity contribution in [1.82, 2.24) is 0 Å². The van der Waals surface area contributed by atoms with E-state index < -0.39 is 11.5 Å². The predicted molar refractivity (Wildman–Crippen MR) is 93.5 cm³/mol. The summed E-state index contributed by atoms with van der Waals surface area (Å²) in [7, 11) is 1.53. The van der Waals surface area contributed by atoms with E-state index in [2.05, 4.69) is 5.32 Å². The normalized spacial score (nSPS) is 10.6. The molecule has 0 radical (unpaired) electrons. The summed E-state index contributed by atoms with van der Waals surface area (Å²) in [6.45, 7) is 0. The quantitative estimate of drug-likeness (QED) is 0.701. The highest BCUT2D eigenvalue weighted by atomic mass is 35.5. The topological polar surface area (TPSA) is 68.5 Å². The fourth-order valence-corrected chi connectivity index (χ4v) is 2.46. The number of fused-ring (bicyclic) bond motifs is 1. The van der Waals surface area contributed by atoms with Gasteiger partial charge in [-0.25, -0.2) is 4.79 Å². The van der Waals surface area contributed by atoms with Gasteiger partial charge in [-0.1, -0.05) is 23.2 Å². The molecule has 0 bridgehead atoms. The third-order valence-electron chi connectivity index (χ3n) is 3.36. The molecule has 0 unspecified atom stereocenters. The third kappa shape index (κ3) is 3.22. The number of carbonyl (C=O) groups excluding carboxylic acids is 1. The molecular formula is C17H11Cl2NO4. The summed E-state index contributed by atoms with van der Waals surface area (Å²) in [6, 6.07) is 11.0. The summed E-state index contributed by atoms with van der Waals surface area (Å²) in [5, 5.41) is 3.83. The summed E-state index contributed by atoms with van der Waals surface area (Å²) >= 11 is 11.7. The highest BCUT2D eigenvalue weighted by Gasteiger charge is 2.15. The second kappa shape index (κ2) is 6.55. The molecule has 0 aliphatic carbocycles. The van der Waals surface area contributed by atoms with Crippen molar-refractivity contribution in [3.63, 3.8) is 0 Å². The highest BCUT2D eigenvalue weighted by Crippen LogP contribution is 2.25. The lowest BCUT2D eigenvalue weighted by Gasteiger charge is -2.07. The summed E-state index contributed by atoms with van der Waals surface area (Å²) in [5.41, 5.74) is -0.0709. The van der Waals surface area contributed by atoms with Crippen LogP contribution in [0, 0.1) is 0 Å². The maximum absolute atomic E-state index is 12.4. The van der Waals surface area contributed by atoms with Gasteiger partial charge in [0.2, 0.25) is 0 Å². The number of hydrogen-bond acceptors (Lipinski definition) is 4. The van der Waals surface area contributed by atoms with Gasteiger partial charge >= 0.3 is 5.63 Å². The monoisotopic (exact) mass is 363 g/mol. The molecule has 0 spiro atoms. The first-order chi connectivity index (χ1) is 11.5. The molecule has 0 saturated heterocycles. The van der Waals surface area contributed by atoms with Gasteiger partial charge in [-0.05, 0) is 42.5 Å². The van der Waals surface area contributed by atoms with Crippen LogP contribution < -0.4 is 15.7 Å². The first kappa shape index (κ1) is 16.4. The Balaban J connectivity index is 1.97. The second-order valence-electron chi connectivity index (χ2n) is 4.93. The van der Waals surface area contributed by atoms with E-state index in [9.17, 15) is 9.59 Å². The van der Waals surface area contributed by atoms with Crippen LogP contribution in [-0.4, -0.2) is 13.0 Å². The van der Waals surface area contributed by atoms with Crippen molar-refractivity contribution < 1.29 is 13.9 Å². The van der Waals surface area contributed by atoms with Crippen LogP contribution in [0.4, 0.5) is 5.69 Å². The molecule has 7 heteroatoms. The van der Waals surface area contributed by atoms with E-state index in [1.807, 2.05) is 0 Å². The van der Waals surface area contributed by atoms with E-state index in [1.165, 1.54) is 19.2 Å². The molecule has 5 nitrogen and oxygen atoms in total. The number of halogens is 2. The number of anilines is 1. The molecule has 0 atom stereocenters. The van der Waals surface area contributed by atoms with E-state index in [1.54, 1.807) is 30.3 Å². The van der Waals surface area contributed by atoms with Crippen molar-refractivity contribution in [3.05, 3.63) is 68.5 Å². The van der Waals surface area contributed by atoms with Crippen molar-refractivity contribution in [2.24, 2.45) is 0 Å². The number of carbonyl (C=O) groups is 1. The van der Waals surface area contributed by atoms with Crippen LogP contribution in [0.3, 0.4) is 0 Å². The van der Waals surface area contributed by atoms with Gasteiger partial charge in [0.1, 0.15) is 16.9 Å². The molecule has 1 N–H and O–H groups in total. The van der Waals surface area contributed by atoms with Crippen LogP contribution in [0.2, 0.25) is 10.0 Å². The van der Waals surface area contributed by atoms with Gasteiger partial charge in [-0.15, -0.1) is 0 Å². The smallest absolute Gasteiger partial charge is 0.349 e. The van der Waals surface area contributed by atoms with Crippen LogP contribution in [0.1, 0.15) is 10.4 Å². The number of hydrogen-bond donors (Lipinski definition) is 1. The number of nitrogens with one attached hydrogen (secondary N) is 1. The molecule has 0 fully saturated rings. The van der Waals surface area contributed by atoms with Crippen LogP contribution in [0.25, 0.3) is 11.0 Å². The van der Waals surface area contributed by atoms with Crippen LogP contribution in [0.15, 0.2) is 51.7 Å². The zero-order valence-electron chi connectivity index (χ0n) is 12.4. The minimum absolute atomic E-state index is 0.123. The molecule has 0 aliphatic heterocycles. The van der Waals surface area contributed by atoms with Crippen molar-refractivity contribution in [2.45, 2.75) is 0 Å². The standard InChI is InChI=1S/C17H11Cl2NO4/c1-23-11-3-5-15-9(6-11)7-12(17(22)24-15)16(21)20-10-2-4-13(18)14(19)8-10/h2-8H,1H3,(H,20,21). The number of methoxy groups -OCH3 is 1. The van der Waals surface area contributed by atoms with Crippen molar-refractivity contribution in [2.75, 3.05) is 12.4 Å². The minimum atomic E-state index is -0.731. The number of benzene rings is 2. The molecule has 1 aromatic heterocycles. The SMILES string of the molecule is COc1ccc2oc(=O)c(C(=O)Nc3ccc(Cl)c(Cl)c3)cc2c1. The highest BCUT2D eigenvalue weighted by molar-refractivity contribution is 6.42. The van der Waals surface area contributed by atoms with Gasteiger partial charge in [-0.2, -0.15) is 0 Å². The molecule has 24 heavy (non-hydrogen) atoms. The van der Waals surface area contributed by atoms with E-state index in [0.29, 0.717) is 32.5 Å². The summed E-state index contributed by atoms with van der Waals surface area (Å²) in [4.78, 5) is 24.4. The van der Waals surface area contributed by atoms with Crippen molar-refractivity contribution in [1.29, 1.82) is 0 Å². The Morgan fingerprint density at radius 3 is 2.58 bits per heavy atom. The van der Waals surface area contributed by atoms with Crippen LogP contribution in [-0.2, 0) is 0 Å². The third-order valence-corrected chi connectivity index (χ3v) is 4.10. The van der Waals surface area contributed by atoms with Gasteiger partial charge in [0.05, 0.1) is 17.2 Å². The zero-order valence-corrected chi connectivity index (χ0v) is 13.9. The molecule has 3 aromatic rings. The Labute approximate surface area is 146 Å². The minimum Gasteiger partial charge on any atom is -0.497 e. The van der Waals surface area contributed by atoms with E-state index in [-0.39, 0.29) is 5.56 Å². The Hall–Kier alpha value is -2.50. The lowest BCUT2D eigenvalue weighted by molar-refractivity contribution is 0.102. The van der Waals surface area contributed by atoms with E-state index in [0.717, 1.165) is 0 Å². The molecule has 1 amide bonds. The van der Waals surface area contributed by atoms with Gasteiger partial charge in [0.25, 0.3) is 5.91 Å². The Morgan fingerprint density at radius 2 is 1.88 bits per heavy atom. The maximum Gasteiger partial charge on any atom is 0.349 e. The molecular weight excluding hydrogens is 353 g/mol. The summed E-state index contributed by atoms with van der Waals surface area (Å²) in [6.07, 6.45) is 0. The number of amides is 1. The molecule has 3 rings (SSSR count). The molecule has 122 valence electrons. The van der Waals surface area contributed by atoms with E-state index >= 15 is 0 Å². The second-order valence-corrected chi connectivity index (χ2v) is 5.75. The largest absolute Gasteiger partial charge is 0.497 e. The van der Waals surface area contributed by atoms with E-state index in [4.69, 9.17) is 32.4 Å². The predicted octanol–water partition coefficient (Wildman–Crippen LogP) is 4.36. The molecule has 0 saturated carbocycles. The molecule has 0 aliphatic rings. The van der Waals surface area contributed by atoms with Gasteiger partial charge < -0.3 is 14.5 Å². The van der Waals surface area contributed by atoms with Crippen molar-refractivity contribution in [3.8, 4) is 5.75 Å². The van der Waals surface area contributed by atoms with Gasteiger partial charge in [0, 0.05) is 11.1 Å². The first-order valence-corrected chi connectivity index (χ1v) is 7.62. The molecule has 2 aromatic carbocycles. The summed E-state index contributed by atoms with van der Waals surface area (Å²) < 4.78 is 10.3. The summed E-state index contributed by atoms with van der Waals surface area (Å²) in [5.74, 6) is -0.0148. The maximum atomic E-state index is 12.4. The number of rotatable bonds is 3. The average molecular weight is 364 g/mol. The average Bonchev–Trinajstić information content (AvgIpc) is 2.57. The van der Waals surface area contributed by atoms with Crippen LogP contribution in [0.5, 0.6) is 5.75 Å². The lowest BCUT2D eigenvalue weighted by Crippen LogP contribution is -2.20. The first-order valence-electron chi connectivity index (χ1n) is 6.86. The van der Waals surface area contributed by atoms with Gasteiger partial charge in [-0.3, -0.25) is 4.79 Å². The Bertz CT molecular complexity index is 998. The van der Waals surface area contributed by atoms with Gasteiger partial charge in [0.15, 0.2) is 0 Å². The fraction of sp³-hybridized carbons (Fsp3) is 0.0588. The van der Waals surface area contributed by atoms with Crippen LogP contribution >= 0.6 is 23.2 Å². The molecule has 1 heterocycles. The Kier molecular flexibility index (Phi) is 4.46. The van der Waals surface area contributed by atoms with Crippen molar-refractivity contribution >= 4 is 45.8 Å². The lowest BCUT2D eigenvalue weighted by atomic mass is 10.1. The zero-order chi connectivity index (χ0) is 17.3. The number of ether oxygens (including phenoxy) is 1. The Morgan fingerprint density at radius 1 is 1.08 bits per heavy atom.